The van der Waals surface area contributed by atoms with E-state index in [2.05, 4.69) is 94.1 Å². The number of hydrogen-bond acceptors (Lipinski definition) is 5. The lowest BCUT2D eigenvalue weighted by Gasteiger charge is -2.49. The molecule has 4 aromatic rings. The van der Waals surface area contributed by atoms with Gasteiger partial charge in [0, 0.05) is 53.4 Å². The molecule has 0 saturated carbocycles. The van der Waals surface area contributed by atoms with E-state index in [1.54, 1.807) is 7.11 Å². The number of carbonyl (C=O) groups excluding carboxylic acids is 2. The molecule has 0 radical (unpaired) electrons. The molecule has 5 nitrogen and oxygen atoms in total. The lowest BCUT2D eigenvalue weighted by atomic mass is 9.63. The van der Waals surface area contributed by atoms with Gasteiger partial charge in [-0.1, -0.05) is 100 Å². The Morgan fingerprint density at radius 3 is 2.00 bits per heavy atom. The molecule has 48 heavy (non-hydrogen) atoms. The summed E-state index contributed by atoms with van der Waals surface area (Å²) in [5.41, 5.74) is 7.63. The highest BCUT2D eigenvalue weighted by Gasteiger charge is 2.49. The molecule has 0 amide bonds. The van der Waals surface area contributed by atoms with Crippen molar-refractivity contribution in [2.75, 3.05) is 7.11 Å². The molecule has 1 heterocycles. The number of methoxy groups -OCH3 is 1. The lowest BCUT2D eigenvalue weighted by molar-refractivity contribution is -0.119. The van der Waals surface area contributed by atoms with Gasteiger partial charge in [0.25, 0.3) is 0 Å². The van der Waals surface area contributed by atoms with E-state index in [0.717, 1.165) is 52.1 Å². The van der Waals surface area contributed by atoms with Crippen molar-refractivity contribution in [2.24, 2.45) is 10.8 Å². The Kier molecular flexibility index (Phi) is 8.06. The van der Waals surface area contributed by atoms with E-state index in [-0.39, 0.29) is 22.4 Å². The number of hydrogen-bond donors (Lipinski definition) is 0. The number of rotatable bonds is 7. The van der Waals surface area contributed by atoms with E-state index < -0.39 is 5.92 Å². The third kappa shape index (κ3) is 5.85. The first kappa shape index (κ1) is 31.9. The average molecular weight is 640 g/mol. The molecule has 0 unspecified atom stereocenters. The van der Waals surface area contributed by atoms with E-state index in [4.69, 9.17) is 9.47 Å². The predicted molar refractivity (Wildman–Crippen MR) is 191 cm³/mol. The zero-order valence-electron chi connectivity index (χ0n) is 29.0. The molecule has 246 valence electrons. The van der Waals surface area contributed by atoms with Crippen LogP contribution < -0.4 is 9.47 Å². The predicted octanol–water partition coefficient (Wildman–Crippen LogP) is 9.62. The number of ether oxygens (including phenoxy) is 2. The Balaban J connectivity index is 1.33. The molecule has 0 N–H and O–H groups in total. The Morgan fingerprint density at radius 1 is 0.729 bits per heavy atom. The fraction of sp³-hybridized carbons (Fsp3) is 0.349. The minimum Gasteiger partial charge on any atom is -0.493 e. The van der Waals surface area contributed by atoms with Gasteiger partial charge in [0.2, 0.25) is 0 Å². The Hall–Kier alpha value is -4.64. The number of ketones is 2. The maximum Gasteiger partial charge on any atom is 0.162 e. The number of carbonyl (C=O) groups is 2. The summed E-state index contributed by atoms with van der Waals surface area (Å²) in [5, 5.41) is 2.35. The Morgan fingerprint density at radius 2 is 1.35 bits per heavy atom. The van der Waals surface area contributed by atoms with Gasteiger partial charge in [-0.3, -0.25) is 9.59 Å². The first-order valence-electron chi connectivity index (χ1n) is 17.1. The van der Waals surface area contributed by atoms with Crippen LogP contribution in [0.1, 0.15) is 81.5 Å². The second-order valence-electron chi connectivity index (χ2n) is 15.4. The van der Waals surface area contributed by atoms with Crippen molar-refractivity contribution in [1.29, 1.82) is 0 Å². The van der Waals surface area contributed by atoms with Gasteiger partial charge in [-0.2, -0.15) is 0 Å². The maximum atomic E-state index is 14.3. The smallest absolute Gasteiger partial charge is 0.162 e. The Bertz CT molecular complexity index is 1940. The van der Waals surface area contributed by atoms with Crippen molar-refractivity contribution in [1.82, 2.24) is 4.90 Å². The van der Waals surface area contributed by atoms with E-state index >= 15 is 0 Å². The maximum absolute atomic E-state index is 14.3. The van der Waals surface area contributed by atoms with E-state index in [1.807, 2.05) is 30.3 Å². The van der Waals surface area contributed by atoms with Crippen LogP contribution in [0.5, 0.6) is 11.5 Å². The average Bonchev–Trinajstić information content (AvgIpc) is 3.04. The largest absolute Gasteiger partial charge is 0.493 e. The fourth-order valence-corrected chi connectivity index (χ4v) is 8.11. The van der Waals surface area contributed by atoms with Crippen molar-refractivity contribution in [2.45, 2.75) is 79.4 Å². The zero-order chi connectivity index (χ0) is 33.8. The topological polar surface area (TPSA) is 55.8 Å². The molecular formula is C43H45NO4. The van der Waals surface area contributed by atoms with Crippen LogP contribution in [0.15, 0.2) is 107 Å². The first-order valence-corrected chi connectivity index (χ1v) is 17.1. The van der Waals surface area contributed by atoms with Gasteiger partial charge in [-0.15, -0.1) is 0 Å². The van der Waals surface area contributed by atoms with Gasteiger partial charge in [-0.25, -0.2) is 0 Å². The van der Waals surface area contributed by atoms with Gasteiger partial charge in [-0.05, 0) is 70.2 Å². The van der Waals surface area contributed by atoms with Crippen LogP contribution in [-0.4, -0.2) is 23.6 Å². The van der Waals surface area contributed by atoms with Gasteiger partial charge < -0.3 is 14.4 Å². The first-order chi connectivity index (χ1) is 22.9. The molecule has 0 spiro atoms. The molecule has 0 fully saturated rings. The monoisotopic (exact) mass is 639 g/mol. The highest BCUT2D eigenvalue weighted by Crippen LogP contribution is 2.55. The van der Waals surface area contributed by atoms with Crippen LogP contribution in [0.3, 0.4) is 0 Å². The zero-order valence-corrected chi connectivity index (χ0v) is 29.0. The van der Waals surface area contributed by atoms with Gasteiger partial charge in [0.1, 0.15) is 6.61 Å². The highest BCUT2D eigenvalue weighted by molar-refractivity contribution is 6.07. The SMILES string of the molecule is COc1cc(C2C3=C(CC(C)(C)CC3=O)N(Cc3ccccc3)C3=C2C(=O)CC(C)(C)C3)ccc1OCc1c(C)ccc2ccccc12. The van der Waals surface area contributed by atoms with Crippen LogP contribution in [-0.2, 0) is 22.7 Å². The minimum atomic E-state index is -0.447. The molecule has 1 aliphatic heterocycles. The quantitative estimate of drug-likeness (QED) is 0.202. The summed E-state index contributed by atoms with van der Waals surface area (Å²) in [6.45, 7) is 11.8. The number of aryl methyl sites for hydroxylation is 1. The van der Waals surface area contributed by atoms with Crippen LogP contribution >= 0.6 is 0 Å². The molecule has 0 bridgehead atoms. The summed E-state index contributed by atoms with van der Waals surface area (Å²) in [5.74, 6) is 1.02. The van der Waals surface area contributed by atoms with Crippen molar-refractivity contribution in [3.05, 3.63) is 130 Å². The van der Waals surface area contributed by atoms with Crippen molar-refractivity contribution >= 4 is 22.3 Å². The molecule has 0 atom stereocenters. The summed E-state index contributed by atoms with van der Waals surface area (Å²) in [6.07, 6.45) is 2.44. The number of nitrogens with zero attached hydrogens (tertiary/aromatic N) is 1. The molecule has 7 rings (SSSR count). The van der Waals surface area contributed by atoms with Gasteiger partial charge in [0.05, 0.1) is 7.11 Å². The molecule has 3 aliphatic rings. The van der Waals surface area contributed by atoms with Crippen LogP contribution in [0.25, 0.3) is 10.8 Å². The summed E-state index contributed by atoms with van der Waals surface area (Å²) < 4.78 is 12.4. The third-order valence-corrected chi connectivity index (χ3v) is 10.4. The van der Waals surface area contributed by atoms with E-state index in [1.165, 1.54) is 16.3 Å². The molecule has 0 saturated heterocycles. The summed E-state index contributed by atoms with van der Waals surface area (Å²) in [6, 6.07) is 29.0. The van der Waals surface area contributed by atoms with Gasteiger partial charge >= 0.3 is 0 Å². The molecule has 5 heteroatoms. The minimum absolute atomic E-state index is 0.124. The van der Waals surface area contributed by atoms with Crippen LogP contribution in [0, 0.1) is 17.8 Å². The lowest BCUT2D eigenvalue weighted by Crippen LogP contribution is -2.44. The van der Waals surface area contributed by atoms with E-state index in [9.17, 15) is 9.59 Å². The second-order valence-corrected chi connectivity index (χ2v) is 15.4. The number of benzene rings is 4. The summed E-state index contributed by atoms with van der Waals surface area (Å²) >= 11 is 0. The van der Waals surface area contributed by atoms with Crippen LogP contribution in [0.4, 0.5) is 0 Å². The number of Topliss-reactive ketones (excluding diaryl/α,β-unsaturated/α-hetero) is 2. The number of allylic oxidation sites excluding steroid dienone is 4. The molecular weight excluding hydrogens is 594 g/mol. The Labute approximate surface area is 284 Å². The summed E-state index contributed by atoms with van der Waals surface area (Å²) in [4.78, 5) is 30.9. The highest BCUT2D eigenvalue weighted by atomic mass is 16.5. The second kappa shape index (κ2) is 12.1. The molecule has 4 aromatic carbocycles. The summed E-state index contributed by atoms with van der Waals surface area (Å²) in [7, 11) is 1.65. The van der Waals surface area contributed by atoms with Gasteiger partial charge in [0.15, 0.2) is 23.1 Å². The standard InChI is InChI=1S/C43H45NO4/c1-27-16-17-29-14-10-11-15-31(29)32(27)26-48-37-19-18-30(20-38(37)47-6)39-40-33(21-42(2,3)23-35(40)45)44(25-28-12-8-7-9-13-28)34-22-43(4,5)24-36(46)41(34)39/h7-20,39H,21-26H2,1-6H3. The fourth-order valence-electron chi connectivity index (χ4n) is 8.11. The third-order valence-electron chi connectivity index (χ3n) is 10.4. The molecule has 2 aliphatic carbocycles. The number of fused-ring (bicyclic) bond motifs is 1. The van der Waals surface area contributed by atoms with Crippen molar-refractivity contribution in [3.63, 3.8) is 0 Å². The van der Waals surface area contributed by atoms with Crippen molar-refractivity contribution < 1.29 is 19.1 Å². The normalized spacial score (nSPS) is 19.0. The molecule has 0 aromatic heterocycles. The van der Waals surface area contributed by atoms with Crippen molar-refractivity contribution in [3.8, 4) is 11.5 Å². The van der Waals surface area contributed by atoms with Crippen LogP contribution in [0.2, 0.25) is 0 Å². The van der Waals surface area contributed by atoms with E-state index in [0.29, 0.717) is 37.5 Å².